The Morgan fingerprint density at radius 3 is 3.18 bits per heavy atom. The molecular formula is C7H7N2O2. The van der Waals surface area contributed by atoms with Crippen LogP contribution in [0.4, 0.5) is 0 Å². The van der Waals surface area contributed by atoms with Gasteiger partial charge in [0.15, 0.2) is 5.69 Å². The quantitative estimate of drug-likeness (QED) is 0.576. The average molecular weight is 151 g/mol. The first-order chi connectivity index (χ1) is 5.34. The van der Waals surface area contributed by atoms with Crippen molar-refractivity contribution in [3.63, 3.8) is 0 Å². The van der Waals surface area contributed by atoms with E-state index >= 15 is 0 Å². The van der Waals surface area contributed by atoms with E-state index in [1.54, 1.807) is 6.92 Å². The molecule has 0 atom stereocenters. The summed E-state index contributed by atoms with van der Waals surface area (Å²) in [6.07, 6.45) is 2.46. The topological polar surface area (TPSA) is 52.1 Å². The summed E-state index contributed by atoms with van der Waals surface area (Å²) in [5.74, 6) is -0.450. The molecule has 0 saturated heterocycles. The van der Waals surface area contributed by atoms with Gasteiger partial charge < -0.3 is 4.74 Å². The van der Waals surface area contributed by atoms with Gasteiger partial charge in [-0.1, -0.05) is 0 Å². The first-order valence-electron chi connectivity index (χ1n) is 3.21. The minimum Gasteiger partial charge on any atom is -0.461 e. The minimum atomic E-state index is -0.450. The highest BCUT2D eigenvalue weighted by molar-refractivity contribution is 5.86. The summed E-state index contributed by atoms with van der Waals surface area (Å²) in [5.41, 5.74) is 0.214. The van der Waals surface area contributed by atoms with E-state index in [1.807, 2.05) is 0 Å². The molecule has 0 spiro atoms. The lowest BCUT2D eigenvalue weighted by atomic mass is 10.4. The zero-order valence-corrected chi connectivity index (χ0v) is 6.07. The zero-order valence-electron chi connectivity index (χ0n) is 6.07. The molecule has 0 aliphatic heterocycles. The number of nitrogens with zero attached hydrogens (tertiary/aromatic N) is 2. The Kier molecular flexibility index (Phi) is 2.54. The van der Waals surface area contributed by atoms with Gasteiger partial charge in [-0.3, -0.25) is 0 Å². The van der Waals surface area contributed by atoms with Crippen LogP contribution in [0.1, 0.15) is 17.4 Å². The number of hydrogen-bond acceptors (Lipinski definition) is 4. The van der Waals surface area contributed by atoms with E-state index in [1.165, 1.54) is 12.1 Å². The highest BCUT2D eigenvalue weighted by Crippen LogP contribution is 1.93. The summed E-state index contributed by atoms with van der Waals surface area (Å²) < 4.78 is 4.67. The lowest BCUT2D eigenvalue weighted by Gasteiger charge is -1.97. The lowest BCUT2D eigenvalue weighted by Crippen LogP contribution is -2.07. The number of hydrogen-bond donors (Lipinski definition) is 0. The Bertz CT molecular complexity index is 235. The molecule has 1 aromatic rings. The van der Waals surface area contributed by atoms with Crippen molar-refractivity contribution in [2.24, 2.45) is 0 Å². The van der Waals surface area contributed by atoms with Crippen LogP contribution >= 0.6 is 0 Å². The van der Waals surface area contributed by atoms with Crippen LogP contribution in [0.2, 0.25) is 0 Å². The predicted molar refractivity (Wildman–Crippen MR) is 36.8 cm³/mol. The molecule has 11 heavy (non-hydrogen) atoms. The smallest absolute Gasteiger partial charge is 0.358 e. The van der Waals surface area contributed by atoms with Crippen LogP contribution in [0.15, 0.2) is 12.1 Å². The van der Waals surface area contributed by atoms with Crippen LogP contribution in [0.5, 0.6) is 0 Å². The first-order valence-corrected chi connectivity index (χ1v) is 3.21. The fourth-order valence-electron chi connectivity index (χ4n) is 0.580. The highest BCUT2D eigenvalue weighted by atomic mass is 16.5. The largest absolute Gasteiger partial charge is 0.461 e. The maximum atomic E-state index is 10.9. The van der Waals surface area contributed by atoms with Crippen LogP contribution < -0.4 is 0 Å². The molecule has 0 amide bonds. The second-order valence-corrected chi connectivity index (χ2v) is 1.77. The Labute approximate surface area is 64.2 Å². The summed E-state index contributed by atoms with van der Waals surface area (Å²) in [6, 6.07) is 3.02. The fraction of sp³-hybridized carbons (Fsp3) is 0.286. The minimum absolute atomic E-state index is 0.214. The molecule has 0 bridgehead atoms. The maximum Gasteiger partial charge on any atom is 0.358 e. The van der Waals surface area contributed by atoms with Gasteiger partial charge in [0.2, 0.25) is 0 Å². The molecule has 0 aromatic carbocycles. The van der Waals surface area contributed by atoms with Gasteiger partial charge in [-0.25, -0.2) is 4.79 Å². The highest BCUT2D eigenvalue weighted by Gasteiger charge is 2.05. The molecule has 1 rings (SSSR count). The van der Waals surface area contributed by atoms with Crippen LogP contribution in [-0.4, -0.2) is 22.8 Å². The zero-order chi connectivity index (χ0) is 8.10. The molecule has 1 heterocycles. The first kappa shape index (κ1) is 7.65. The molecule has 4 heteroatoms. The monoisotopic (exact) mass is 151 g/mol. The number of esters is 1. The molecule has 4 nitrogen and oxygen atoms in total. The Morgan fingerprint density at radius 1 is 1.82 bits per heavy atom. The molecule has 0 fully saturated rings. The fourth-order valence-corrected chi connectivity index (χ4v) is 0.580. The predicted octanol–water partition coefficient (Wildman–Crippen LogP) is 0.453. The van der Waals surface area contributed by atoms with Crippen LogP contribution in [0.25, 0.3) is 0 Å². The summed E-state index contributed by atoms with van der Waals surface area (Å²) in [6.45, 7) is 2.08. The number of rotatable bonds is 2. The van der Waals surface area contributed by atoms with E-state index in [-0.39, 0.29) is 5.69 Å². The Balaban J connectivity index is 2.69. The standard InChI is InChI=1S/C7H7N2O2/c1-2-11-7(10)6-4-3-5-8-9-6/h3-4H,2H2,1H3. The van der Waals surface area contributed by atoms with Crippen molar-refractivity contribution in [1.82, 2.24) is 10.2 Å². The van der Waals surface area contributed by atoms with E-state index in [0.717, 1.165) is 0 Å². The second kappa shape index (κ2) is 3.65. The molecule has 0 aliphatic carbocycles. The Morgan fingerprint density at radius 2 is 2.64 bits per heavy atom. The summed E-state index contributed by atoms with van der Waals surface area (Å²) >= 11 is 0. The van der Waals surface area contributed by atoms with Gasteiger partial charge in [-0.2, -0.15) is 0 Å². The van der Waals surface area contributed by atoms with Gasteiger partial charge in [0.25, 0.3) is 0 Å². The van der Waals surface area contributed by atoms with Gasteiger partial charge in [-0.05, 0) is 19.1 Å². The molecule has 57 valence electrons. The third-order valence-corrected chi connectivity index (χ3v) is 1.02. The maximum absolute atomic E-state index is 10.9. The van der Waals surface area contributed by atoms with Gasteiger partial charge in [0.05, 0.1) is 6.61 Å². The van der Waals surface area contributed by atoms with E-state index in [4.69, 9.17) is 0 Å². The normalized spacial score (nSPS) is 9.18. The van der Waals surface area contributed by atoms with Gasteiger partial charge >= 0.3 is 5.97 Å². The van der Waals surface area contributed by atoms with Crippen LogP contribution in [-0.2, 0) is 4.74 Å². The summed E-state index contributed by atoms with van der Waals surface area (Å²) in [7, 11) is 0. The van der Waals surface area contributed by atoms with E-state index < -0.39 is 5.97 Å². The van der Waals surface area contributed by atoms with Crippen molar-refractivity contribution in [2.75, 3.05) is 6.61 Å². The van der Waals surface area contributed by atoms with Gasteiger partial charge in [0.1, 0.15) is 6.20 Å². The van der Waals surface area contributed by atoms with E-state index in [2.05, 4.69) is 21.1 Å². The summed E-state index contributed by atoms with van der Waals surface area (Å²) in [5, 5.41) is 6.93. The third-order valence-electron chi connectivity index (χ3n) is 1.02. The molecule has 0 N–H and O–H groups in total. The van der Waals surface area contributed by atoms with Crippen molar-refractivity contribution in [3.05, 3.63) is 24.0 Å². The molecule has 0 saturated carbocycles. The van der Waals surface area contributed by atoms with Crippen molar-refractivity contribution >= 4 is 5.97 Å². The number of aromatic nitrogens is 2. The second-order valence-electron chi connectivity index (χ2n) is 1.77. The van der Waals surface area contributed by atoms with Crippen molar-refractivity contribution in [1.29, 1.82) is 0 Å². The van der Waals surface area contributed by atoms with Crippen LogP contribution in [0.3, 0.4) is 0 Å². The number of carbonyl (C=O) groups is 1. The van der Waals surface area contributed by atoms with E-state index in [0.29, 0.717) is 6.61 Å². The molecular weight excluding hydrogens is 144 g/mol. The molecule has 0 aliphatic rings. The number of carbonyl (C=O) groups excluding carboxylic acids is 1. The molecule has 1 aromatic heterocycles. The van der Waals surface area contributed by atoms with Crippen LogP contribution in [0, 0.1) is 6.20 Å². The van der Waals surface area contributed by atoms with Gasteiger partial charge in [0, 0.05) is 0 Å². The lowest BCUT2D eigenvalue weighted by molar-refractivity contribution is 0.0518. The van der Waals surface area contributed by atoms with Crippen molar-refractivity contribution in [2.45, 2.75) is 6.92 Å². The molecule has 1 radical (unpaired) electrons. The van der Waals surface area contributed by atoms with E-state index in [9.17, 15) is 4.79 Å². The Hall–Kier alpha value is -1.45. The van der Waals surface area contributed by atoms with Crippen molar-refractivity contribution in [3.8, 4) is 0 Å². The number of ether oxygens (including phenoxy) is 1. The molecule has 0 unspecified atom stereocenters. The third kappa shape index (κ3) is 2.00. The van der Waals surface area contributed by atoms with Gasteiger partial charge in [-0.15, -0.1) is 10.2 Å². The summed E-state index contributed by atoms with van der Waals surface area (Å²) in [4.78, 5) is 10.9. The average Bonchev–Trinajstić information content (AvgIpc) is 2.07. The van der Waals surface area contributed by atoms with Crippen molar-refractivity contribution < 1.29 is 9.53 Å². The SMILES string of the molecule is CCOC(=O)c1cc[c]nn1.